The van der Waals surface area contributed by atoms with Gasteiger partial charge in [-0.2, -0.15) is 0 Å². The molecule has 2 heterocycles. The summed E-state index contributed by atoms with van der Waals surface area (Å²) in [5.41, 5.74) is 3.54. The number of hydrogen-bond acceptors (Lipinski definition) is 2. The number of amides is 1. The average Bonchev–Trinajstić information content (AvgIpc) is 2.77. The molecule has 0 saturated carbocycles. The van der Waals surface area contributed by atoms with Crippen molar-refractivity contribution in [2.24, 2.45) is 0 Å². The normalized spacial score (nSPS) is 10.8. The maximum absolute atomic E-state index is 10.6. The molecule has 78 valence electrons. The molecule has 1 aromatic carbocycles. The summed E-state index contributed by atoms with van der Waals surface area (Å²) in [7, 11) is 0. The largest absolute Gasteiger partial charge is 0.327 e. The van der Waals surface area contributed by atoms with Gasteiger partial charge in [-0.25, -0.2) is 0 Å². The molecule has 0 aliphatic heterocycles. The van der Waals surface area contributed by atoms with Crippen LogP contribution in [-0.4, -0.2) is 15.8 Å². The van der Waals surface area contributed by atoms with E-state index in [4.69, 9.17) is 0 Å². The Morgan fingerprint density at radius 1 is 1.25 bits per heavy atom. The van der Waals surface area contributed by atoms with Crippen molar-refractivity contribution in [2.45, 2.75) is 0 Å². The van der Waals surface area contributed by atoms with E-state index in [1.807, 2.05) is 47.1 Å². The van der Waals surface area contributed by atoms with Crippen molar-refractivity contribution in [3.63, 3.8) is 0 Å². The third kappa shape index (κ3) is 1.16. The number of carbonyl (C=O) groups excluding carboxylic acids is 1. The monoisotopic (exact) mass is 211 g/mol. The molecular weight excluding hydrogens is 202 g/mol. The second-order valence-corrected chi connectivity index (χ2v) is 3.50. The van der Waals surface area contributed by atoms with Crippen LogP contribution < -0.4 is 5.32 Å². The summed E-state index contributed by atoms with van der Waals surface area (Å²) in [5.74, 6) is 0. The first-order valence-electron chi connectivity index (χ1n) is 4.95. The molecule has 0 fully saturated rings. The predicted molar refractivity (Wildman–Crippen MR) is 62.4 cm³/mol. The molecule has 0 atom stereocenters. The molecule has 0 spiro atoms. The molecule has 2 aromatic heterocycles. The van der Waals surface area contributed by atoms with Gasteiger partial charge in [0.25, 0.3) is 0 Å². The Kier molecular flexibility index (Phi) is 1.86. The number of nitrogens with one attached hydrogen (secondary N) is 1. The number of rotatable bonds is 2. The molecule has 16 heavy (non-hydrogen) atoms. The fourth-order valence-corrected chi connectivity index (χ4v) is 1.91. The summed E-state index contributed by atoms with van der Waals surface area (Å²) in [5, 5.41) is 2.69. The van der Waals surface area contributed by atoms with Crippen molar-refractivity contribution in [3.05, 3.63) is 42.7 Å². The van der Waals surface area contributed by atoms with E-state index < -0.39 is 0 Å². The van der Waals surface area contributed by atoms with Gasteiger partial charge in [0.05, 0.1) is 28.4 Å². The van der Waals surface area contributed by atoms with E-state index in [9.17, 15) is 4.79 Å². The Balaban J connectivity index is 2.49. The predicted octanol–water partition coefficient (Wildman–Crippen LogP) is 2.06. The van der Waals surface area contributed by atoms with Gasteiger partial charge in [-0.15, -0.1) is 0 Å². The second kappa shape index (κ2) is 3.34. The number of fused-ring (bicyclic) bond motifs is 3. The molecule has 1 amide bonds. The highest BCUT2D eigenvalue weighted by molar-refractivity contribution is 5.94. The minimum Gasteiger partial charge on any atom is -0.327 e. The summed E-state index contributed by atoms with van der Waals surface area (Å²) in [6, 6.07) is 9.58. The standard InChI is InChI=1S/C12H9N3O/c16-8-14-11-5-1-4-10-12(11)15-6-2-3-9(15)7-13-10/h1-8H,(H,14,16). The van der Waals surface area contributed by atoms with E-state index in [-0.39, 0.29) is 0 Å². The fourth-order valence-electron chi connectivity index (χ4n) is 1.91. The molecule has 0 aliphatic carbocycles. The van der Waals surface area contributed by atoms with Gasteiger partial charge >= 0.3 is 0 Å². The Bertz CT molecular complexity index is 672. The lowest BCUT2D eigenvalue weighted by molar-refractivity contribution is -0.105. The van der Waals surface area contributed by atoms with Crippen molar-refractivity contribution in [1.29, 1.82) is 0 Å². The number of aromatic nitrogens is 2. The van der Waals surface area contributed by atoms with Crippen LogP contribution in [0, 0.1) is 0 Å². The number of hydrogen-bond donors (Lipinski definition) is 1. The smallest absolute Gasteiger partial charge is 0.211 e. The molecule has 1 N–H and O–H groups in total. The quantitative estimate of drug-likeness (QED) is 0.659. The number of para-hydroxylation sites is 1. The maximum Gasteiger partial charge on any atom is 0.211 e. The van der Waals surface area contributed by atoms with Gasteiger partial charge in [0.1, 0.15) is 0 Å². The van der Waals surface area contributed by atoms with Gasteiger partial charge in [0, 0.05) is 6.20 Å². The van der Waals surface area contributed by atoms with E-state index in [0.717, 1.165) is 22.2 Å². The second-order valence-electron chi connectivity index (χ2n) is 3.50. The van der Waals surface area contributed by atoms with Crippen molar-refractivity contribution in [3.8, 4) is 0 Å². The average molecular weight is 211 g/mol. The Hall–Kier alpha value is -2.36. The van der Waals surface area contributed by atoms with Crippen LogP contribution in [0.15, 0.2) is 42.7 Å². The SMILES string of the molecule is O=CNc1cccc2ncc3cccn3c12. The van der Waals surface area contributed by atoms with Gasteiger partial charge in [-0.3, -0.25) is 9.78 Å². The first-order chi connectivity index (χ1) is 7.90. The summed E-state index contributed by atoms with van der Waals surface area (Å²) in [6.07, 6.45) is 4.44. The molecular formula is C12H9N3O. The van der Waals surface area contributed by atoms with Gasteiger partial charge in [-0.1, -0.05) is 6.07 Å². The number of nitrogens with zero attached hydrogens (tertiary/aromatic N) is 2. The van der Waals surface area contributed by atoms with E-state index in [2.05, 4.69) is 10.3 Å². The van der Waals surface area contributed by atoms with Crippen LogP contribution in [0.4, 0.5) is 5.69 Å². The van der Waals surface area contributed by atoms with Crippen molar-refractivity contribution < 1.29 is 4.79 Å². The van der Waals surface area contributed by atoms with E-state index >= 15 is 0 Å². The number of carbonyl (C=O) groups is 1. The molecule has 0 bridgehead atoms. The van der Waals surface area contributed by atoms with Crippen molar-refractivity contribution in [1.82, 2.24) is 9.38 Å². The highest BCUT2D eigenvalue weighted by atomic mass is 16.1. The number of benzene rings is 1. The Morgan fingerprint density at radius 3 is 3.06 bits per heavy atom. The summed E-state index contributed by atoms with van der Waals surface area (Å²) >= 11 is 0. The third-order valence-corrected chi connectivity index (χ3v) is 2.59. The lowest BCUT2D eigenvalue weighted by atomic mass is 10.2. The molecule has 0 saturated heterocycles. The summed E-state index contributed by atoms with van der Waals surface area (Å²) < 4.78 is 2.01. The molecule has 4 nitrogen and oxygen atoms in total. The topological polar surface area (TPSA) is 46.4 Å². The molecule has 0 aliphatic rings. The van der Waals surface area contributed by atoms with E-state index in [1.165, 1.54) is 0 Å². The van der Waals surface area contributed by atoms with Crippen LogP contribution in [-0.2, 0) is 4.79 Å². The van der Waals surface area contributed by atoms with Gasteiger partial charge in [-0.05, 0) is 24.3 Å². The highest BCUT2D eigenvalue weighted by Crippen LogP contribution is 2.22. The molecule has 3 aromatic rings. The van der Waals surface area contributed by atoms with Crippen molar-refractivity contribution >= 4 is 28.6 Å². The van der Waals surface area contributed by atoms with E-state index in [1.54, 1.807) is 0 Å². The first kappa shape index (κ1) is 8.91. The van der Waals surface area contributed by atoms with Gasteiger partial charge in [0.15, 0.2) is 0 Å². The summed E-state index contributed by atoms with van der Waals surface area (Å²) in [6.45, 7) is 0. The minimum absolute atomic E-state index is 0.678. The van der Waals surface area contributed by atoms with Crippen LogP contribution in [0.25, 0.3) is 16.6 Å². The lowest BCUT2D eigenvalue weighted by Gasteiger charge is -2.07. The summed E-state index contributed by atoms with van der Waals surface area (Å²) in [4.78, 5) is 14.9. The third-order valence-electron chi connectivity index (χ3n) is 2.59. The first-order valence-corrected chi connectivity index (χ1v) is 4.95. The molecule has 3 rings (SSSR count). The molecule has 0 radical (unpaired) electrons. The van der Waals surface area contributed by atoms with Crippen LogP contribution in [0.3, 0.4) is 0 Å². The zero-order valence-electron chi connectivity index (χ0n) is 8.42. The fraction of sp³-hybridized carbons (Fsp3) is 0. The minimum atomic E-state index is 0.678. The van der Waals surface area contributed by atoms with Crippen LogP contribution >= 0.6 is 0 Å². The Morgan fingerprint density at radius 2 is 2.19 bits per heavy atom. The van der Waals surface area contributed by atoms with Crippen LogP contribution in [0.2, 0.25) is 0 Å². The highest BCUT2D eigenvalue weighted by Gasteiger charge is 2.05. The molecule has 0 unspecified atom stereocenters. The van der Waals surface area contributed by atoms with Crippen LogP contribution in [0.5, 0.6) is 0 Å². The van der Waals surface area contributed by atoms with E-state index in [0.29, 0.717) is 6.41 Å². The Labute approximate surface area is 91.5 Å². The van der Waals surface area contributed by atoms with Gasteiger partial charge < -0.3 is 9.72 Å². The zero-order chi connectivity index (χ0) is 11.0. The maximum atomic E-state index is 10.6. The molecule has 4 heteroatoms. The van der Waals surface area contributed by atoms with Crippen LogP contribution in [0.1, 0.15) is 0 Å². The van der Waals surface area contributed by atoms with Crippen molar-refractivity contribution in [2.75, 3.05) is 5.32 Å². The lowest BCUT2D eigenvalue weighted by Crippen LogP contribution is -1.98. The van der Waals surface area contributed by atoms with Gasteiger partial charge in [0.2, 0.25) is 6.41 Å². The number of anilines is 1. The zero-order valence-corrected chi connectivity index (χ0v) is 8.42.